The largest absolute Gasteiger partial charge is 0.396 e. The number of anilines is 2. The smallest absolute Gasteiger partial charge is 0.261 e. The number of carbonyl (C=O) groups excluding carboxylic acids is 1. The summed E-state index contributed by atoms with van der Waals surface area (Å²) in [4.78, 5) is 15.3. The average Bonchev–Trinajstić information content (AvgIpc) is 2.70. The average molecular weight is 299 g/mol. The monoisotopic (exact) mass is 299 g/mol. The zero-order chi connectivity index (χ0) is 14.2. The van der Waals surface area contributed by atoms with Crippen molar-refractivity contribution in [3.05, 3.63) is 4.88 Å². The van der Waals surface area contributed by atoms with Crippen LogP contribution in [-0.2, 0) is 0 Å². The third-order valence-electron chi connectivity index (χ3n) is 3.93. The van der Waals surface area contributed by atoms with Crippen LogP contribution >= 0.6 is 23.1 Å². The summed E-state index contributed by atoms with van der Waals surface area (Å²) in [6.07, 6.45) is 3.17. The van der Waals surface area contributed by atoms with E-state index < -0.39 is 5.91 Å². The van der Waals surface area contributed by atoms with Gasteiger partial charge in [0.15, 0.2) is 0 Å². The molecule has 0 radical (unpaired) electrons. The van der Waals surface area contributed by atoms with E-state index in [-0.39, 0.29) is 0 Å². The molecule has 106 valence electrons. The van der Waals surface area contributed by atoms with Crippen LogP contribution in [0.25, 0.3) is 0 Å². The van der Waals surface area contributed by atoms with E-state index in [1.54, 1.807) is 11.8 Å². The quantitative estimate of drug-likeness (QED) is 0.842. The first-order chi connectivity index (χ1) is 8.95. The Kier molecular flexibility index (Phi) is 4.30. The zero-order valence-electron chi connectivity index (χ0n) is 11.6. The molecule has 1 fully saturated rings. The van der Waals surface area contributed by atoms with E-state index in [1.807, 2.05) is 6.26 Å². The number of carbonyl (C=O) groups is 1. The summed E-state index contributed by atoms with van der Waals surface area (Å²) in [5.41, 5.74) is 12.0. The molecular formula is C13H21N3OS2. The first-order valence-electron chi connectivity index (χ1n) is 6.46. The molecule has 4 N–H and O–H groups in total. The van der Waals surface area contributed by atoms with Crippen LogP contribution in [-0.4, -0.2) is 25.3 Å². The Morgan fingerprint density at radius 2 is 2.11 bits per heavy atom. The predicted octanol–water partition coefficient (Wildman–Crippen LogP) is 2.63. The first-order valence-corrected chi connectivity index (χ1v) is 8.50. The summed E-state index contributed by atoms with van der Waals surface area (Å²) in [6, 6.07) is 0. The number of nitrogens with two attached hydrogens (primary N) is 2. The van der Waals surface area contributed by atoms with Crippen LogP contribution in [0, 0.1) is 11.8 Å². The summed E-state index contributed by atoms with van der Waals surface area (Å²) in [5.74, 6) is 0.980. The maximum atomic E-state index is 11.4. The van der Waals surface area contributed by atoms with Gasteiger partial charge >= 0.3 is 0 Å². The minimum absolute atomic E-state index is 0.428. The molecule has 2 unspecified atom stereocenters. The highest BCUT2D eigenvalue weighted by atomic mass is 32.2. The van der Waals surface area contributed by atoms with Crippen molar-refractivity contribution in [1.29, 1.82) is 0 Å². The highest BCUT2D eigenvalue weighted by Crippen LogP contribution is 2.45. The molecule has 0 bridgehead atoms. The van der Waals surface area contributed by atoms with Gasteiger partial charge in [0.25, 0.3) is 5.91 Å². The minimum atomic E-state index is -0.428. The van der Waals surface area contributed by atoms with Crippen LogP contribution in [0.15, 0.2) is 4.90 Å². The third kappa shape index (κ3) is 2.69. The number of hydrogen-bond donors (Lipinski definition) is 2. The first kappa shape index (κ1) is 14.5. The van der Waals surface area contributed by atoms with Crippen molar-refractivity contribution < 1.29 is 4.79 Å². The van der Waals surface area contributed by atoms with E-state index in [0.717, 1.165) is 28.9 Å². The summed E-state index contributed by atoms with van der Waals surface area (Å²) in [7, 11) is 0. The molecule has 0 aliphatic carbocycles. The number of amides is 1. The fourth-order valence-corrected chi connectivity index (χ4v) is 4.52. The maximum absolute atomic E-state index is 11.4. The summed E-state index contributed by atoms with van der Waals surface area (Å²) in [6.45, 7) is 6.63. The third-order valence-corrected chi connectivity index (χ3v) is 6.16. The molecule has 2 atom stereocenters. The van der Waals surface area contributed by atoms with E-state index in [0.29, 0.717) is 16.5 Å². The van der Waals surface area contributed by atoms with Gasteiger partial charge in [0.05, 0.1) is 10.6 Å². The van der Waals surface area contributed by atoms with Gasteiger partial charge in [-0.3, -0.25) is 4.79 Å². The van der Waals surface area contributed by atoms with Crippen molar-refractivity contribution in [2.45, 2.75) is 25.2 Å². The molecule has 2 heterocycles. The summed E-state index contributed by atoms with van der Waals surface area (Å²) >= 11 is 3.03. The molecular weight excluding hydrogens is 278 g/mol. The van der Waals surface area contributed by atoms with Gasteiger partial charge in [-0.2, -0.15) is 0 Å². The van der Waals surface area contributed by atoms with Crippen LogP contribution in [0.4, 0.5) is 10.7 Å². The van der Waals surface area contributed by atoms with Gasteiger partial charge in [-0.15, -0.1) is 23.1 Å². The Labute approximate surface area is 122 Å². The highest BCUT2D eigenvalue weighted by molar-refractivity contribution is 7.99. The van der Waals surface area contributed by atoms with Crippen molar-refractivity contribution in [1.82, 2.24) is 0 Å². The van der Waals surface area contributed by atoms with Gasteiger partial charge in [-0.1, -0.05) is 13.8 Å². The van der Waals surface area contributed by atoms with E-state index in [9.17, 15) is 4.79 Å². The number of primary amides is 1. The molecule has 1 saturated heterocycles. The fraction of sp³-hybridized carbons (Fsp3) is 0.615. The molecule has 1 aromatic heterocycles. The number of nitrogen functional groups attached to an aromatic ring is 1. The molecule has 6 heteroatoms. The van der Waals surface area contributed by atoms with Gasteiger partial charge in [0, 0.05) is 13.1 Å². The lowest BCUT2D eigenvalue weighted by Crippen LogP contribution is -2.38. The summed E-state index contributed by atoms with van der Waals surface area (Å²) in [5, 5.41) is 1.11. The Bertz CT molecular complexity index is 486. The van der Waals surface area contributed by atoms with Crippen molar-refractivity contribution in [2.75, 3.05) is 30.0 Å². The van der Waals surface area contributed by atoms with Crippen molar-refractivity contribution in [2.24, 2.45) is 17.6 Å². The Morgan fingerprint density at radius 1 is 1.42 bits per heavy atom. The fourth-order valence-electron chi connectivity index (χ4n) is 2.45. The second kappa shape index (κ2) is 5.63. The SMILES string of the molecule is CSc1c(N2CCC(C)C(C)C2)sc(C(N)=O)c1N. The molecule has 1 aliphatic heterocycles. The lowest BCUT2D eigenvalue weighted by Gasteiger charge is -2.36. The highest BCUT2D eigenvalue weighted by Gasteiger charge is 2.28. The van der Waals surface area contributed by atoms with Gasteiger partial charge in [-0.25, -0.2) is 0 Å². The van der Waals surface area contributed by atoms with E-state index >= 15 is 0 Å². The number of piperidine rings is 1. The molecule has 19 heavy (non-hydrogen) atoms. The van der Waals surface area contributed by atoms with Crippen LogP contribution in [0.1, 0.15) is 29.9 Å². The zero-order valence-corrected chi connectivity index (χ0v) is 13.2. The number of rotatable bonds is 3. The van der Waals surface area contributed by atoms with E-state index in [4.69, 9.17) is 11.5 Å². The normalized spacial score (nSPS) is 23.6. The van der Waals surface area contributed by atoms with Crippen molar-refractivity contribution in [3.63, 3.8) is 0 Å². The topological polar surface area (TPSA) is 72.3 Å². The Hall–Kier alpha value is -0.880. The predicted molar refractivity (Wildman–Crippen MR) is 84.2 cm³/mol. The maximum Gasteiger partial charge on any atom is 0.261 e. The second-order valence-electron chi connectivity index (χ2n) is 5.24. The molecule has 0 aromatic carbocycles. The van der Waals surface area contributed by atoms with Gasteiger partial charge in [0.1, 0.15) is 9.88 Å². The number of nitrogens with zero attached hydrogens (tertiary/aromatic N) is 1. The summed E-state index contributed by atoms with van der Waals surface area (Å²) < 4.78 is 0. The Balaban J connectivity index is 2.34. The van der Waals surface area contributed by atoms with Crippen molar-refractivity contribution >= 4 is 39.7 Å². The van der Waals surface area contributed by atoms with Crippen LogP contribution < -0.4 is 16.4 Å². The van der Waals surface area contributed by atoms with Gasteiger partial charge < -0.3 is 16.4 Å². The molecule has 1 aliphatic rings. The standard InChI is InChI=1S/C13H21N3OS2/c1-7-4-5-16(6-8(7)2)13-11(18-3)9(14)10(19-13)12(15)17/h7-8H,4-6,14H2,1-3H3,(H2,15,17). The van der Waals surface area contributed by atoms with Crippen LogP contribution in [0.5, 0.6) is 0 Å². The van der Waals surface area contributed by atoms with E-state index in [1.165, 1.54) is 17.8 Å². The molecule has 1 amide bonds. The Morgan fingerprint density at radius 3 is 2.63 bits per heavy atom. The number of thioether (sulfide) groups is 1. The molecule has 2 rings (SSSR count). The van der Waals surface area contributed by atoms with Crippen molar-refractivity contribution in [3.8, 4) is 0 Å². The van der Waals surface area contributed by atoms with Crippen LogP contribution in [0.3, 0.4) is 0 Å². The molecule has 0 saturated carbocycles. The lowest BCUT2D eigenvalue weighted by molar-refractivity contribution is 0.100. The number of thiophene rings is 1. The molecule has 0 spiro atoms. The lowest BCUT2D eigenvalue weighted by atomic mass is 9.89. The second-order valence-corrected chi connectivity index (χ2v) is 7.05. The van der Waals surface area contributed by atoms with Gasteiger partial charge in [0.2, 0.25) is 0 Å². The molecule has 1 aromatic rings. The molecule has 4 nitrogen and oxygen atoms in total. The number of hydrogen-bond acceptors (Lipinski definition) is 5. The van der Waals surface area contributed by atoms with Gasteiger partial charge in [-0.05, 0) is 24.5 Å². The van der Waals surface area contributed by atoms with E-state index in [2.05, 4.69) is 18.7 Å². The van der Waals surface area contributed by atoms with Crippen LogP contribution in [0.2, 0.25) is 0 Å². The minimum Gasteiger partial charge on any atom is -0.396 e.